The van der Waals surface area contributed by atoms with Crippen LogP contribution in [0, 0.1) is 0 Å². The zero-order valence-electron chi connectivity index (χ0n) is 13.4. The molecule has 1 aromatic heterocycles. The molecular weight excluding hydrogens is 268 g/mol. The first-order valence-electron chi connectivity index (χ1n) is 7.63. The van der Waals surface area contributed by atoms with Crippen molar-refractivity contribution >= 4 is 6.09 Å². The van der Waals surface area contributed by atoms with Crippen LogP contribution < -0.4 is 5.32 Å². The molecule has 0 radical (unpaired) electrons. The molecule has 0 bridgehead atoms. The zero-order chi connectivity index (χ0) is 15.5. The van der Waals surface area contributed by atoms with Crippen molar-refractivity contribution in [3.63, 3.8) is 0 Å². The smallest absolute Gasteiger partial charge is 0.407 e. The Bertz CT molecular complexity index is 451. The molecule has 1 aromatic rings. The van der Waals surface area contributed by atoms with Gasteiger partial charge in [-0.05, 0) is 59.2 Å². The van der Waals surface area contributed by atoms with Crippen molar-refractivity contribution in [2.24, 2.45) is 0 Å². The number of hydrogen-bond donors (Lipinski definition) is 1. The van der Waals surface area contributed by atoms with Crippen molar-refractivity contribution in [2.75, 3.05) is 13.1 Å². The van der Waals surface area contributed by atoms with Crippen LogP contribution in [0.3, 0.4) is 0 Å². The molecule has 5 nitrogen and oxygen atoms in total. The summed E-state index contributed by atoms with van der Waals surface area (Å²) in [6.07, 6.45) is 3.59. The van der Waals surface area contributed by atoms with E-state index in [1.54, 1.807) is 6.26 Å². The highest BCUT2D eigenvalue weighted by Gasteiger charge is 2.30. The number of likely N-dealkylation sites (tertiary alicyclic amines) is 1. The molecule has 118 valence electrons. The third-order valence-electron chi connectivity index (χ3n) is 3.76. The Morgan fingerprint density at radius 2 is 2.33 bits per heavy atom. The first-order valence-corrected chi connectivity index (χ1v) is 7.63. The number of nitrogens with zero attached hydrogens (tertiary/aromatic N) is 1. The lowest BCUT2D eigenvalue weighted by atomic mass is 10.1. The van der Waals surface area contributed by atoms with Crippen molar-refractivity contribution in [3.8, 4) is 0 Å². The van der Waals surface area contributed by atoms with E-state index in [1.807, 2.05) is 32.9 Å². The molecule has 5 heteroatoms. The van der Waals surface area contributed by atoms with Gasteiger partial charge in [-0.25, -0.2) is 4.79 Å². The normalized spacial score (nSPS) is 21.2. The summed E-state index contributed by atoms with van der Waals surface area (Å²) in [6, 6.07) is 4.47. The van der Waals surface area contributed by atoms with Crippen molar-refractivity contribution < 1.29 is 13.9 Å². The molecule has 1 saturated heterocycles. The van der Waals surface area contributed by atoms with E-state index in [0.717, 1.165) is 25.1 Å². The number of amides is 1. The van der Waals surface area contributed by atoms with Crippen LogP contribution in [0.4, 0.5) is 4.79 Å². The van der Waals surface area contributed by atoms with Gasteiger partial charge < -0.3 is 14.5 Å². The summed E-state index contributed by atoms with van der Waals surface area (Å²) in [5.74, 6) is 0.971. The lowest BCUT2D eigenvalue weighted by Crippen LogP contribution is -2.42. The summed E-state index contributed by atoms with van der Waals surface area (Å²) in [6.45, 7) is 9.39. The van der Waals surface area contributed by atoms with E-state index in [2.05, 4.69) is 17.1 Å². The van der Waals surface area contributed by atoms with Gasteiger partial charge in [0.05, 0.1) is 12.3 Å². The fraction of sp³-hybridized carbons (Fsp3) is 0.688. The Labute approximate surface area is 126 Å². The zero-order valence-corrected chi connectivity index (χ0v) is 13.4. The van der Waals surface area contributed by atoms with Crippen molar-refractivity contribution in [3.05, 3.63) is 24.2 Å². The maximum atomic E-state index is 11.8. The highest BCUT2D eigenvalue weighted by molar-refractivity contribution is 5.67. The molecule has 0 aromatic carbocycles. The SMILES string of the molecule is CC(c1ccco1)N1CCCC1CNC(=O)OC(C)(C)C. The Hall–Kier alpha value is -1.49. The topological polar surface area (TPSA) is 54.7 Å². The van der Waals surface area contributed by atoms with Gasteiger partial charge in [-0.2, -0.15) is 0 Å². The van der Waals surface area contributed by atoms with Gasteiger partial charge >= 0.3 is 6.09 Å². The number of hydrogen-bond acceptors (Lipinski definition) is 4. The Morgan fingerprint density at radius 1 is 1.57 bits per heavy atom. The molecule has 2 heterocycles. The minimum atomic E-state index is -0.457. The number of carbonyl (C=O) groups excluding carboxylic acids is 1. The van der Waals surface area contributed by atoms with E-state index in [1.165, 1.54) is 0 Å². The second-order valence-corrected chi connectivity index (χ2v) is 6.61. The van der Waals surface area contributed by atoms with Crippen LogP contribution in [0.15, 0.2) is 22.8 Å². The van der Waals surface area contributed by atoms with Gasteiger partial charge in [0.15, 0.2) is 0 Å². The molecule has 1 aliphatic rings. The summed E-state index contributed by atoms with van der Waals surface area (Å²) in [7, 11) is 0. The second-order valence-electron chi connectivity index (χ2n) is 6.61. The van der Waals surface area contributed by atoms with Crippen molar-refractivity contribution in [2.45, 2.75) is 58.2 Å². The average Bonchev–Trinajstić information content (AvgIpc) is 3.05. The van der Waals surface area contributed by atoms with Crippen LogP contribution in [0.5, 0.6) is 0 Å². The largest absolute Gasteiger partial charge is 0.468 e. The maximum Gasteiger partial charge on any atom is 0.407 e. The average molecular weight is 294 g/mol. The number of furan rings is 1. The van der Waals surface area contributed by atoms with E-state index >= 15 is 0 Å². The maximum absolute atomic E-state index is 11.8. The molecule has 2 atom stereocenters. The Balaban J connectivity index is 1.86. The number of carbonyl (C=O) groups is 1. The molecule has 21 heavy (non-hydrogen) atoms. The van der Waals surface area contributed by atoms with Gasteiger partial charge in [0.2, 0.25) is 0 Å². The number of ether oxygens (including phenoxy) is 1. The number of nitrogens with one attached hydrogen (secondary N) is 1. The lowest BCUT2D eigenvalue weighted by Gasteiger charge is -2.30. The minimum absolute atomic E-state index is 0.230. The van der Waals surface area contributed by atoms with Crippen LogP contribution in [-0.4, -0.2) is 35.7 Å². The van der Waals surface area contributed by atoms with Crippen molar-refractivity contribution in [1.82, 2.24) is 10.2 Å². The van der Waals surface area contributed by atoms with E-state index in [9.17, 15) is 4.79 Å². The third kappa shape index (κ3) is 4.49. The Kier molecular flexibility index (Phi) is 4.93. The predicted octanol–water partition coefficient (Wildman–Crippen LogP) is 3.33. The molecular formula is C16H26N2O3. The van der Waals surface area contributed by atoms with Gasteiger partial charge in [0.25, 0.3) is 0 Å². The highest BCUT2D eigenvalue weighted by Crippen LogP contribution is 2.29. The van der Waals surface area contributed by atoms with E-state index in [0.29, 0.717) is 12.6 Å². The van der Waals surface area contributed by atoms with E-state index in [-0.39, 0.29) is 12.1 Å². The fourth-order valence-corrected chi connectivity index (χ4v) is 2.79. The standard InChI is InChI=1S/C16H26N2O3/c1-12(14-8-6-10-20-14)18-9-5-7-13(18)11-17-15(19)21-16(2,3)4/h6,8,10,12-13H,5,7,9,11H2,1-4H3,(H,17,19). The molecule has 0 spiro atoms. The summed E-state index contributed by atoms with van der Waals surface area (Å²) >= 11 is 0. The van der Waals surface area contributed by atoms with Crippen LogP contribution in [0.2, 0.25) is 0 Å². The van der Waals surface area contributed by atoms with Gasteiger partial charge in [-0.1, -0.05) is 0 Å². The molecule has 2 rings (SSSR count). The van der Waals surface area contributed by atoms with Crippen LogP contribution in [0.1, 0.15) is 52.3 Å². The van der Waals surface area contributed by atoms with E-state index in [4.69, 9.17) is 9.15 Å². The van der Waals surface area contributed by atoms with E-state index < -0.39 is 5.60 Å². The third-order valence-corrected chi connectivity index (χ3v) is 3.76. The first-order chi connectivity index (χ1) is 9.87. The molecule has 1 N–H and O–H groups in total. The molecule has 1 fully saturated rings. The molecule has 0 aliphatic carbocycles. The molecule has 1 aliphatic heterocycles. The lowest BCUT2D eigenvalue weighted by molar-refractivity contribution is 0.0506. The molecule has 0 saturated carbocycles. The Morgan fingerprint density at radius 3 is 2.95 bits per heavy atom. The summed E-state index contributed by atoms with van der Waals surface area (Å²) in [5, 5.41) is 2.88. The molecule has 2 unspecified atom stereocenters. The molecule has 1 amide bonds. The van der Waals surface area contributed by atoms with Crippen molar-refractivity contribution in [1.29, 1.82) is 0 Å². The summed E-state index contributed by atoms with van der Waals surface area (Å²) < 4.78 is 10.8. The second kappa shape index (κ2) is 6.52. The quantitative estimate of drug-likeness (QED) is 0.925. The van der Waals surface area contributed by atoms with Gasteiger partial charge in [0, 0.05) is 12.6 Å². The van der Waals surface area contributed by atoms with Gasteiger partial charge in [-0.15, -0.1) is 0 Å². The van der Waals surface area contributed by atoms with Crippen LogP contribution >= 0.6 is 0 Å². The monoisotopic (exact) mass is 294 g/mol. The first kappa shape index (κ1) is 15.9. The van der Waals surface area contributed by atoms with Gasteiger partial charge in [-0.3, -0.25) is 4.90 Å². The highest BCUT2D eigenvalue weighted by atomic mass is 16.6. The minimum Gasteiger partial charge on any atom is -0.468 e. The number of alkyl carbamates (subject to hydrolysis) is 1. The summed E-state index contributed by atoms with van der Waals surface area (Å²) in [4.78, 5) is 14.1. The summed E-state index contributed by atoms with van der Waals surface area (Å²) in [5.41, 5.74) is -0.457. The number of rotatable bonds is 4. The van der Waals surface area contributed by atoms with Crippen LogP contribution in [-0.2, 0) is 4.74 Å². The fourth-order valence-electron chi connectivity index (χ4n) is 2.79. The van der Waals surface area contributed by atoms with Crippen LogP contribution in [0.25, 0.3) is 0 Å². The van der Waals surface area contributed by atoms with Gasteiger partial charge in [0.1, 0.15) is 11.4 Å². The predicted molar refractivity (Wildman–Crippen MR) is 81.1 cm³/mol.